The highest BCUT2D eigenvalue weighted by Crippen LogP contribution is 2.70. The van der Waals surface area contributed by atoms with Gasteiger partial charge in [-0.25, -0.2) is 18.4 Å². The maximum Gasteiger partial charge on any atom is 0.199 e. The van der Waals surface area contributed by atoms with E-state index < -0.39 is 0 Å². The number of hydrazone groups is 1. The first kappa shape index (κ1) is 24.1. The van der Waals surface area contributed by atoms with Gasteiger partial charge >= 0.3 is 0 Å². The van der Waals surface area contributed by atoms with Gasteiger partial charge in [0.25, 0.3) is 0 Å². The fraction of sp³-hybridized carbons (Fsp3) is 0.241. The van der Waals surface area contributed by atoms with Crippen LogP contribution in [0.15, 0.2) is 76.4 Å². The molecule has 3 atom stereocenters. The molecular weight excluding hydrogens is 513 g/mol. The smallest absolute Gasteiger partial charge is 0.199 e. The van der Waals surface area contributed by atoms with Gasteiger partial charge in [-0.2, -0.15) is 10.2 Å². The molecule has 2 N–H and O–H groups in total. The minimum atomic E-state index is -0.271. The molecule has 3 heterocycles. The molecule has 1 saturated carbocycles. The lowest BCUT2D eigenvalue weighted by molar-refractivity contribution is 0.435. The van der Waals surface area contributed by atoms with Crippen LogP contribution in [0.4, 0.5) is 4.39 Å². The van der Waals surface area contributed by atoms with E-state index in [1.165, 1.54) is 35.9 Å². The number of nitrogens with zero attached hydrogens (tertiary/aromatic N) is 5. The molecule has 0 amide bonds. The molecule has 0 radical (unpaired) electrons. The first-order valence-electron chi connectivity index (χ1n) is 12.8. The molecular formula is C29H26FN7OS. The van der Waals surface area contributed by atoms with Crippen LogP contribution in [0, 0.1) is 24.1 Å². The fourth-order valence-corrected chi connectivity index (χ4v) is 7.27. The molecule has 0 bridgehead atoms. The van der Waals surface area contributed by atoms with Crippen molar-refractivity contribution < 1.29 is 8.81 Å². The number of hydrogen-bond acceptors (Lipinski definition) is 8. The van der Waals surface area contributed by atoms with E-state index in [0.717, 1.165) is 52.2 Å². The third-order valence-corrected chi connectivity index (χ3v) is 8.91. The molecule has 2 aliphatic rings. The zero-order valence-electron chi connectivity index (χ0n) is 21.4. The Bertz CT molecular complexity index is 1730. The Kier molecular flexibility index (Phi) is 5.57. The van der Waals surface area contributed by atoms with E-state index in [2.05, 4.69) is 39.0 Å². The first-order valence-corrected chi connectivity index (χ1v) is 13.6. The quantitative estimate of drug-likeness (QED) is 0.130. The largest absolute Gasteiger partial charge is 0.440 e. The summed E-state index contributed by atoms with van der Waals surface area (Å²) >= 11 is 1.50. The molecule has 1 saturated heterocycles. The topological polar surface area (TPSA) is 95.3 Å². The number of piperidine rings is 1. The molecule has 1 aliphatic carbocycles. The Morgan fingerprint density at radius 1 is 1.23 bits per heavy atom. The minimum Gasteiger partial charge on any atom is -0.440 e. The van der Waals surface area contributed by atoms with E-state index in [-0.39, 0.29) is 17.2 Å². The highest BCUT2D eigenvalue weighted by atomic mass is 32.2. The lowest BCUT2D eigenvalue weighted by atomic mass is 9.88. The minimum absolute atomic E-state index is 0.148. The van der Waals surface area contributed by atoms with Gasteiger partial charge in [0, 0.05) is 30.9 Å². The number of halogens is 1. The maximum absolute atomic E-state index is 13.5. The molecule has 3 aromatic carbocycles. The van der Waals surface area contributed by atoms with Gasteiger partial charge < -0.3 is 15.3 Å². The van der Waals surface area contributed by atoms with Gasteiger partial charge in [0.2, 0.25) is 0 Å². The van der Waals surface area contributed by atoms with Gasteiger partial charge in [-0.05, 0) is 84.4 Å². The summed E-state index contributed by atoms with van der Waals surface area (Å²) in [5, 5.41) is 18.2. The monoisotopic (exact) mass is 539 g/mol. The lowest BCUT2D eigenvalue weighted by Crippen LogP contribution is -2.26. The summed E-state index contributed by atoms with van der Waals surface area (Å²) in [7, 11) is 1.74. The Balaban J connectivity index is 1.31. The molecule has 1 aliphatic heterocycles. The zero-order chi connectivity index (χ0) is 26.7. The summed E-state index contributed by atoms with van der Waals surface area (Å²) in [5.41, 5.74) is 8.50. The van der Waals surface area contributed by atoms with Crippen molar-refractivity contribution in [1.82, 2.24) is 24.5 Å². The van der Waals surface area contributed by atoms with Crippen molar-refractivity contribution in [2.75, 3.05) is 20.1 Å². The highest BCUT2D eigenvalue weighted by molar-refractivity contribution is 8.13. The van der Waals surface area contributed by atoms with Gasteiger partial charge in [0.15, 0.2) is 11.5 Å². The van der Waals surface area contributed by atoms with Crippen LogP contribution in [0.3, 0.4) is 0 Å². The third-order valence-electron chi connectivity index (χ3n) is 7.98. The molecule has 5 aromatic rings. The van der Waals surface area contributed by atoms with Crippen molar-refractivity contribution in [3.8, 4) is 5.69 Å². The van der Waals surface area contributed by atoms with Gasteiger partial charge in [0.05, 0.1) is 29.5 Å². The van der Waals surface area contributed by atoms with E-state index >= 15 is 0 Å². The van der Waals surface area contributed by atoms with Crippen LogP contribution >= 0.6 is 11.9 Å². The maximum atomic E-state index is 13.5. The number of rotatable bonds is 6. The molecule has 3 unspecified atom stereocenters. The average molecular weight is 540 g/mol. The summed E-state index contributed by atoms with van der Waals surface area (Å²) in [6.45, 7) is 3.75. The summed E-state index contributed by atoms with van der Waals surface area (Å²) in [6, 6.07) is 18.7. The third kappa shape index (κ3) is 3.77. The SMILES string of the molecule is CN/N=C(\C=N)SN1CC2C(c3nc4ccccc4o3)C2(c2cc3cnn(-c4ccc(F)cc4)c3cc2C)C1. The second-order valence-corrected chi connectivity index (χ2v) is 11.3. The highest BCUT2D eigenvalue weighted by Gasteiger charge is 2.72. The predicted octanol–water partition coefficient (Wildman–Crippen LogP) is 5.41. The number of hydrogen-bond donors (Lipinski definition) is 2. The van der Waals surface area contributed by atoms with Crippen molar-refractivity contribution >= 4 is 45.2 Å². The van der Waals surface area contributed by atoms with Crippen LogP contribution in [0.2, 0.25) is 0 Å². The molecule has 196 valence electrons. The van der Waals surface area contributed by atoms with Gasteiger partial charge in [0.1, 0.15) is 16.4 Å². The van der Waals surface area contributed by atoms with Crippen LogP contribution in [-0.2, 0) is 5.41 Å². The number of oxazole rings is 1. The van der Waals surface area contributed by atoms with Gasteiger partial charge in [-0.15, -0.1) is 0 Å². The van der Waals surface area contributed by atoms with Gasteiger partial charge in [-0.3, -0.25) is 0 Å². The number of aromatic nitrogens is 3. The van der Waals surface area contributed by atoms with Crippen LogP contribution < -0.4 is 5.43 Å². The zero-order valence-corrected chi connectivity index (χ0v) is 22.2. The van der Waals surface area contributed by atoms with E-state index in [0.29, 0.717) is 11.0 Å². The summed E-state index contributed by atoms with van der Waals surface area (Å²) in [4.78, 5) is 4.89. The van der Waals surface area contributed by atoms with Crippen molar-refractivity contribution in [2.24, 2.45) is 11.0 Å². The molecule has 0 spiro atoms. The number of nitrogens with one attached hydrogen (secondary N) is 2. The van der Waals surface area contributed by atoms with Crippen LogP contribution in [0.25, 0.3) is 27.7 Å². The lowest BCUT2D eigenvalue weighted by Gasteiger charge is -2.23. The Labute approximate surface area is 228 Å². The molecule has 10 heteroatoms. The summed E-state index contributed by atoms with van der Waals surface area (Å²) < 4.78 is 24.0. The number of benzene rings is 3. The standard InChI is InChI=1S/C29H26FN7OS/c1-17-11-24-18(14-33-37(24)20-9-7-19(30)8-10-20)12-21(17)29-16-36(39-26(13-31)35-32-2)15-22(29)27(29)28-34-23-5-3-4-6-25(23)38-28/h3-14,22,27,31-32H,15-16H2,1-2H3/b31-13?,35-26+. The Morgan fingerprint density at radius 2 is 2.05 bits per heavy atom. The Hall–Kier alpha value is -4.02. The van der Waals surface area contributed by atoms with E-state index in [9.17, 15) is 4.39 Å². The van der Waals surface area contributed by atoms with E-state index in [4.69, 9.17) is 14.8 Å². The van der Waals surface area contributed by atoms with Crippen LogP contribution in [0.5, 0.6) is 0 Å². The molecule has 2 aromatic heterocycles. The molecule has 2 fully saturated rings. The number of fused-ring (bicyclic) bond motifs is 3. The Morgan fingerprint density at radius 3 is 2.82 bits per heavy atom. The van der Waals surface area contributed by atoms with Crippen molar-refractivity contribution in [2.45, 2.75) is 18.3 Å². The summed E-state index contributed by atoms with van der Waals surface area (Å²) in [5.74, 6) is 0.966. The number of para-hydroxylation sites is 2. The molecule has 8 nitrogen and oxygen atoms in total. The predicted molar refractivity (Wildman–Crippen MR) is 152 cm³/mol. The van der Waals surface area contributed by atoms with Gasteiger partial charge in [-0.1, -0.05) is 12.1 Å². The molecule has 39 heavy (non-hydrogen) atoms. The molecule has 7 rings (SSSR count). The first-order chi connectivity index (χ1) is 19.0. The number of aryl methyl sites for hydroxylation is 1. The van der Waals surface area contributed by atoms with Crippen molar-refractivity contribution in [3.63, 3.8) is 0 Å². The van der Waals surface area contributed by atoms with Crippen LogP contribution in [0.1, 0.15) is 22.9 Å². The second kappa shape index (κ2) is 9.03. The summed E-state index contributed by atoms with van der Waals surface area (Å²) in [6.07, 6.45) is 3.15. The van der Waals surface area contributed by atoms with E-state index in [1.54, 1.807) is 19.2 Å². The van der Waals surface area contributed by atoms with Crippen molar-refractivity contribution in [3.05, 3.63) is 89.7 Å². The normalized spacial score (nSPS) is 22.9. The second-order valence-electron chi connectivity index (χ2n) is 10.1. The van der Waals surface area contributed by atoms with Crippen molar-refractivity contribution in [1.29, 1.82) is 5.41 Å². The fourth-order valence-electron chi connectivity index (χ4n) is 6.31. The van der Waals surface area contributed by atoms with Crippen LogP contribution in [-0.4, -0.2) is 50.5 Å². The van der Waals surface area contributed by atoms with E-state index in [1.807, 2.05) is 35.1 Å². The average Bonchev–Trinajstić information content (AvgIpc) is 3.33.